The number of H-pyrrole nitrogens is 1. The number of carbonyl (C=O) groups excluding carboxylic acids is 1. The van der Waals surface area contributed by atoms with Crippen LogP contribution in [-0.4, -0.2) is 70.9 Å². The number of nitrogens with one attached hydrogen (secondary N) is 2. The Labute approximate surface area is 202 Å². The molecule has 2 rings (SSSR count). The fourth-order valence-corrected chi connectivity index (χ4v) is 4.26. The molecule has 1 aliphatic heterocycles. The highest BCUT2D eigenvalue weighted by atomic mass is 35.5. The van der Waals surface area contributed by atoms with Crippen LogP contribution in [0.4, 0.5) is 4.39 Å². The third kappa shape index (κ3) is 5.97. The standard InChI is InChI=1S/C18H20B2ClFN3O8P/c1-5-6-17(21)11(26)12(32-15(17)25-7-10(22)13(27)23-16(25)29)18(19,20)33-34(30)24-9(4)14(28)31-8(2)3/h7-9,11-12,15,26H,1-4H3,(H-,23,24,27,29,30)/p+1/t9-,11?,12?,15+,17+/m0/s1. The van der Waals surface area contributed by atoms with Crippen LogP contribution in [0.5, 0.6) is 0 Å². The van der Waals surface area contributed by atoms with Crippen molar-refractivity contribution in [2.24, 2.45) is 0 Å². The van der Waals surface area contributed by atoms with Crippen molar-refractivity contribution in [3.05, 3.63) is 32.9 Å². The van der Waals surface area contributed by atoms with Gasteiger partial charge in [-0.3, -0.25) is 19.1 Å². The van der Waals surface area contributed by atoms with E-state index in [2.05, 4.69) is 16.9 Å². The Hall–Kier alpha value is -2.00. The molecule has 2 heterocycles. The van der Waals surface area contributed by atoms with Crippen molar-refractivity contribution >= 4 is 41.4 Å². The summed E-state index contributed by atoms with van der Waals surface area (Å²) in [6, 6.07) is -1.08. The lowest BCUT2D eigenvalue weighted by atomic mass is 9.60. The van der Waals surface area contributed by atoms with Gasteiger partial charge in [0.1, 0.15) is 33.9 Å². The van der Waals surface area contributed by atoms with Gasteiger partial charge in [0.2, 0.25) is 5.82 Å². The van der Waals surface area contributed by atoms with Crippen LogP contribution in [0.2, 0.25) is 0 Å². The molecule has 34 heavy (non-hydrogen) atoms. The van der Waals surface area contributed by atoms with Crippen LogP contribution in [0.3, 0.4) is 0 Å². The fraction of sp³-hybridized carbons (Fsp3) is 0.611. The van der Waals surface area contributed by atoms with E-state index in [0.29, 0.717) is 10.8 Å². The summed E-state index contributed by atoms with van der Waals surface area (Å²) in [5, 5.41) is 10.6. The summed E-state index contributed by atoms with van der Waals surface area (Å²) in [6.07, 6.45) is -5.25. The molecule has 3 unspecified atom stereocenters. The molecule has 1 fully saturated rings. The van der Waals surface area contributed by atoms with Crippen molar-refractivity contribution in [1.82, 2.24) is 14.6 Å². The molecule has 0 aromatic carbocycles. The number of hydrogen-bond donors (Lipinski definition) is 3. The van der Waals surface area contributed by atoms with Crippen LogP contribution in [-0.2, 0) is 23.4 Å². The third-order valence-corrected chi connectivity index (χ3v) is 6.12. The second kappa shape index (κ2) is 10.7. The predicted octanol–water partition coefficient (Wildman–Crippen LogP) is -0.471. The average molecular weight is 514 g/mol. The molecule has 6 atom stereocenters. The summed E-state index contributed by atoms with van der Waals surface area (Å²) < 4.78 is 42.4. The number of esters is 1. The maximum Gasteiger partial charge on any atom is 0.612 e. The summed E-state index contributed by atoms with van der Waals surface area (Å²) in [7, 11) is 8.88. The van der Waals surface area contributed by atoms with Gasteiger partial charge in [0.25, 0.3) is 5.56 Å². The molecule has 0 amide bonds. The predicted molar refractivity (Wildman–Crippen MR) is 120 cm³/mol. The lowest BCUT2D eigenvalue weighted by Gasteiger charge is -2.29. The molecule has 1 aromatic rings. The highest BCUT2D eigenvalue weighted by molar-refractivity contribution is 7.37. The number of aromatic amines is 1. The monoisotopic (exact) mass is 514 g/mol. The smallest absolute Gasteiger partial charge is 0.462 e. The average Bonchev–Trinajstić information content (AvgIpc) is 2.95. The molecule has 1 aliphatic rings. The summed E-state index contributed by atoms with van der Waals surface area (Å²) >= 11 is 6.46. The number of aromatic nitrogens is 2. The molecule has 3 N–H and O–H groups in total. The minimum atomic E-state index is -2.92. The maximum atomic E-state index is 13.9. The molecule has 0 saturated carbocycles. The number of hydrogen-bond acceptors (Lipinski definition) is 8. The number of aliphatic hydroxyl groups excluding tert-OH is 1. The number of carbonyl (C=O) groups is 1. The first-order valence-electron chi connectivity index (χ1n) is 9.82. The van der Waals surface area contributed by atoms with Crippen molar-refractivity contribution in [2.75, 3.05) is 0 Å². The second-order valence-electron chi connectivity index (χ2n) is 7.68. The molecule has 0 aliphatic carbocycles. The van der Waals surface area contributed by atoms with Gasteiger partial charge in [0, 0.05) is 0 Å². The molecule has 1 aromatic heterocycles. The van der Waals surface area contributed by atoms with Gasteiger partial charge in [-0.05, 0) is 32.3 Å². The molecule has 0 bridgehead atoms. The van der Waals surface area contributed by atoms with Gasteiger partial charge in [0.15, 0.2) is 11.1 Å². The molecule has 4 radical (unpaired) electrons. The van der Waals surface area contributed by atoms with E-state index in [4.69, 9.17) is 41.3 Å². The minimum absolute atomic E-state index is 0.421. The molecular weight excluding hydrogens is 493 g/mol. The Morgan fingerprint density at radius 1 is 1.47 bits per heavy atom. The van der Waals surface area contributed by atoms with Gasteiger partial charge in [0.05, 0.1) is 17.7 Å². The normalized spacial score (nSPS) is 26.0. The van der Waals surface area contributed by atoms with Crippen LogP contribution in [0.15, 0.2) is 15.8 Å². The van der Waals surface area contributed by atoms with Crippen molar-refractivity contribution in [3.8, 4) is 11.8 Å². The first-order chi connectivity index (χ1) is 15.6. The number of aliphatic hydroxyl groups is 1. The van der Waals surface area contributed by atoms with Crippen molar-refractivity contribution in [2.45, 2.75) is 68.6 Å². The van der Waals surface area contributed by atoms with E-state index in [1.807, 2.05) is 0 Å². The van der Waals surface area contributed by atoms with Crippen molar-refractivity contribution in [3.63, 3.8) is 0 Å². The zero-order chi connectivity index (χ0) is 26.0. The Bertz CT molecular complexity index is 1140. The van der Waals surface area contributed by atoms with Gasteiger partial charge in [-0.15, -0.1) is 10.4 Å². The highest BCUT2D eigenvalue weighted by Gasteiger charge is 2.61. The van der Waals surface area contributed by atoms with Crippen LogP contribution in [0.1, 0.15) is 33.9 Å². The second-order valence-corrected chi connectivity index (χ2v) is 9.26. The Kier molecular flexibility index (Phi) is 8.91. The fourth-order valence-electron chi connectivity index (χ4n) is 3.03. The molecule has 16 heteroatoms. The van der Waals surface area contributed by atoms with E-state index in [0.717, 1.165) is 0 Å². The Morgan fingerprint density at radius 2 is 2.09 bits per heavy atom. The Morgan fingerprint density at radius 3 is 2.65 bits per heavy atom. The zero-order valence-electron chi connectivity index (χ0n) is 18.6. The Balaban J connectivity index is 2.32. The first kappa shape index (κ1) is 28.2. The quantitative estimate of drug-likeness (QED) is 0.138. The molecular formula is C18H21B2ClFN3O8P+. The number of halogens is 2. The van der Waals surface area contributed by atoms with E-state index in [9.17, 15) is 28.4 Å². The SMILES string of the molecule is [B]C([B])(O[P+](=O)N[C@@H](C)C(=O)OC(C)C)C1O[C@@H](n2cc(F)c(=O)[nH]c2=O)[C@@](Cl)(C#CC)C1O. The van der Waals surface area contributed by atoms with Gasteiger partial charge in [-0.1, -0.05) is 22.6 Å². The summed E-state index contributed by atoms with van der Waals surface area (Å²) in [6.45, 7) is 5.96. The largest absolute Gasteiger partial charge is 0.612 e. The van der Waals surface area contributed by atoms with Gasteiger partial charge >= 0.3 is 19.8 Å². The van der Waals surface area contributed by atoms with E-state index in [1.54, 1.807) is 18.8 Å². The zero-order valence-corrected chi connectivity index (χ0v) is 20.2. The molecule has 1 saturated heterocycles. The molecule has 11 nitrogen and oxygen atoms in total. The number of nitrogens with zero attached hydrogens (tertiary/aromatic N) is 1. The van der Waals surface area contributed by atoms with Crippen molar-refractivity contribution in [1.29, 1.82) is 0 Å². The number of ether oxygens (including phenoxy) is 2. The lowest BCUT2D eigenvalue weighted by Crippen LogP contribution is -2.53. The highest BCUT2D eigenvalue weighted by Crippen LogP contribution is 2.46. The summed E-state index contributed by atoms with van der Waals surface area (Å²) in [4.78, 5) is 35.1. The topological polar surface area (TPSA) is 149 Å². The maximum absolute atomic E-state index is 13.9. The van der Waals surface area contributed by atoms with E-state index < -0.39 is 72.1 Å². The van der Waals surface area contributed by atoms with Crippen molar-refractivity contribution < 1.29 is 32.9 Å². The van der Waals surface area contributed by atoms with Crippen LogP contribution in [0, 0.1) is 17.7 Å². The molecule has 180 valence electrons. The molecule has 0 spiro atoms. The third-order valence-electron chi connectivity index (χ3n) is 4.54. The minimum Gasteiger partial charge on any atom is -0.462 e. The number of rotatable bonds is 8. The van der Waals surface area contributed by atoms with Crippen LogP contribution < -0.4 is 16.3 Å². The summed E-state index contributed by atoms with van der Waals surface area (Å²) in [5.74, 6) is 2.83. The number of alkyl halides is 1. The van der Waals surface area contributed by atoms with Crippen LogP contribution >= 0.6 is 19.8 Å². The van der Waals surface area contributed by atoms with E-state index in [1.165, 1.54) is 13.8 Å². The van der Waals surface area contributed by atoms with E-state index in [-0.39, 0.29) is 0 Å². The van der Waals surface area contributed by atoms with Gasteiger partial charge in [-0.2, -0.15) is 4.39 Å². The lowest BCUT2D eigenvalue weighted by molar-refractivity contribution is -0.149. The van der Waals surface area contributed by atoms with E-state index >= 15 is 0 Å². The summed E-state index contributed by atoms with van der Waals surface area (Å²) in [5.41, 5.74) is -2.42. The van der Waals surface area contributed by atoms with Gasteiger partial charge < -0.3 is 14.6 Å². The first-order valence-corrected chi connectivity index (χ1v) is 11.4. The van der Waals surface area contributed by atoms with Gasteiger partial charge in [-0.25, -0.2) is 4.79 Å². The van der Waals surface area contributed by atoms with Crippen LogP contribution in [0.25, 0.3) is 0 Å².